The number of rotatable bonds is 4. The molecule has 0 unspecified atom stereocenters. The summed E-state index contributed by atoms with van der Waals surface area (Å²) in [4.78, 5) is 16.1. The average Bonchev–Trinajstić information content (AvgIpc) is 2.40. The molecule has 2 N–H and O–H groups in total. The summed E-state index contributed by atoms with van der Waals surface area (Å²) in [5.41, 5.74) is 1.81. The lowest BCUT2D eigenvalue weighted by Gasteiger charge is -2.17. The Labute approximate surface area is 108 Å². The molecule has 4 nitrogen and oxygen atoms in total. The molecule has 1 aliphatic rings. The smallest absolute Gasteiger partial charge is 0.224 e. The second-order valence-corrected chi connectivity index (χ2v) is 4.35. The first-order valence-electron chi connectivity index (χ1n) is 6.49. The molecule has 1 amide bonds. The zero-order chi connectivity index (χ0) is 12.8. The van der Waals surface area contributed by atoms with E-state index in [4.69, 9.17) is 0 Å². The predicted molar refractivity (Wildman–Crippen MR) is 74.0 cm³/mol. The number of hydrogen-bond acceptors (Lipinski definition) is 3. The van der Waals surface area contributed by atoms with Gasteiger partial charge in [0.05, 0.1) is 5.69 Å². The van der Waals surface area contributed by atoms with Crippen LogP contribution in [0.4, 0.5) is 5.69 Å². The fourth-order valence-corrected chi connectivity index (χ4v) is 1.95. The van der Waals surface area contributed by atoms with Crippen LogP contribution in [0.25, 0.3) is 0 Å². The summed E-state index contributed by atoms with van der Waals surface area (Å²) in [6.07, 6.45) is 2.47. The first-order chi connectivity index (χ1) is 8.81. The lowest BCUT2D eigenvalue weighted by molar-refractivity contribution is -0.116. The molecule has 2 rings (SSSR count). The second-order valence-electron chi connectivity index (χ2n) is 4.35. The van der Waals surface area contributed by atoms with Gasteiger partial charge in [-0.05, 0) is 25.0 Å². The molecule has 0 aromatic heterocycles. The van der Waals surface area contributed by atoms with Crippen molar-refractivity contribution in [2.75, 3.05) is 18.4 Å². The molecule has 0 aliphatic carbocycles. The summed E-state index contributed by atoms with van der Waals surface area (Å²) >= 11 is 0. The number of anilines is 1. The Morgan fingerprint density at radius 2 is 2.28 bits per heavy atom. The lowest BCUT2D eigenvalue weighted by atomic mass is 10.1. The van der Waals surface area contributed by atoms with Gasteiger partial charge in [0.25, 0.3) is 0 Å². The number of amides is 1. The first kappa shape index (κ1) is 12.6. The van der Waals surface area contributed by atoms with Crippen LogP contribution in [0.3, 0.4) is 0 Å². The van der Waals surface area contributed by atoms with Crippen LogP contribution in [0.15, 0.2) is 29.3 Å². The van der Waals surface area contributed by atoms with Gasteiger partial charge in [-0.25, -0.2) is 0 Å². The molecule has 0 fully saturated rings. The van der Waals surface area contributed by atoms with Crippen LogP contribution in [0.1, 0.15) is 31.7 Å². The van der Waals surface area contributed by atoms with Gasteiger partial charge in [0.2, 0.25) is 5.91 Å². The molecule has 0 radical (unpaired) electrons. The molecule has 4 heteroatoms. The Hall–Kier alpha value is -1.84. The predicted octanol–water partition coefficient (Wildman–Crippen LogP) is 2.17. The van der Waals surface area contributed by atoms with Gasteiger partial charge < -0.3 is 10.6 Å². The van der Waals surface area contributed by atoms with E-state index in [0.29, 0.717) is 6.42 Å². The molecule has 0 spiro atoms. The van der Waals surface area contributed by atoms with Crippen molar-refractivity contribution in [1.82, 2.24) is 5.32 Å². The number of nitrogens with one attached hydrogen (secondary N) is 2. The molecular weight excluding hydrogens is 226 g/mol. The Morgan fingerprint density at radius 1 is 1.44 bits per heavy atom. The molecule has 1 aromatic carbocycles. The fourth-order valence-electron chi connectivity index (χ4n) is 1.95. The van der Waals surface area contributed by atoms with Crippen molar-refractivity contribution < 1.29 is 4.79 Å². The maximum atomic E-state index is 11.7. The summed E-state index contributed by atoms with van der Waals surface area (Å²) in [6, 6.07) is 7.79. The summed E-state index contributed by atoms with van der Waals surface area (Å²) in [5, 5.41) is 6.23. The molecule has 0 saturated carbocycles. The average molecular weight is 245 g/mol. The highest BCUT2D eigenvalue weighted by atomic mass is 16.1. The van der Waals surface area contributed by atoms with Crippen molar-refractivity contribution in [3.63, 3.8) is 0 Å². The number of para-hydroxylation sites is 1. The standard InChI is InChI=1S/C14H19N3O/c1-2-6-13(18)17-12-8-4-3-7-11(12)14-15-9-5-10-16-14/h3-4,7-8H,2,5-6,9-10H2,1H3,(H,15,16)(H,17,18). The Bertz CT molecular complexity index is 454. The van der Waals surface area contributed by atoms with Gasteiger partial charge in [-0.2, -0.15) is 0 Å². The molecule has 0 bridgehead atoms. The maximum absolute atomic E-state index is 11.7. The van der Waals surface area contributed by atoms with E-state index < -0.39 is 0 Å². The van der Waals surface area contributed by atoms with Gasteiger partial charge in [0, 0.05) is 25.1 Å². The third-order valence-corrected chi connectivity index (χ3v) is 2.83. The van der Waals surface area contributed by atoms with E-state index in [1.807, 2.05) is 31.2 Å². The van der Waals surface area contributed by atoms with Gasteiger partial charge in [-0.15, -0.1) is 0 Å². The number of carbonyl (C=O) groups excluding carboxylic acids is 1. The van der Waals surface area contributed by atoms with E-state index in [-0.39, 0.29) is 5.91 Å². The van der Waals surface area contributed by atoms with Crippen LogP contribution in [0, 0.1) is 0 Å². The fraction of sp³-hybridized carbons (Fsp3) is 0.429. The molecule has 96 valence electrons. The Balaban J connectivity index is 2.19. The van der Waals surface area contributed by atoms with E-state index in [2.05, 4.69) is 15.6 Å². The van der Waals surface area contributed by atoms with Crippen molar-refractivity contribution in [1.29, 1.82) is 0 Å². The normalized spacial score (nSPS) is 14.6. The number of amidine groups is 1. The minimum absolute atomic E-state index is 0.0568. The van der Waals surface area contributed by atoms with E-state index in [0.717, 1.165) is 43.0 Å². The highest BCUT2D eigenvalue weighted by Gasteiger charge is 2.12. The van der Waals surface area contributed by atoms with Crippen LogP contribution < -0.4 is 10.6 Å². The highest BCUT2D eigenvalue weighted by molar-refractivity contribution is 6.06. The zero-order valence-electron chi connectivity index (χ0n) is 10.7. The largest absolute Gasteiger partial charge is 0.370 e. The first-order valence-corrected chi connectivity index (χ1v) is 6.49. The third kappa shape index (κ3) is 3.09. The number of hydrogen-bond donors (Lipinski definition) is 2. The Kier molecular flexibility index (Phi) is 4.34. The summed E-state index contributed by atoms with van der Waals surface area (Å²) in [7, 11) is 0. The van der Waals surface area contributed by atoms with Crippen LogP contribution in [-0.4, -0.2) is 24.8 Å². The second kappa shape index (κ2) is 6.19. The van der Waals surface area contributed by atoms with E-state index in [1.165, 1.54) is 0 Å². The molecular formula is C14H19N3O. The van der Waals surface area contributed by atoms with Crippen LogP contribution >= 0.6 is 0 Å². The summed E-state index contributed by atoms with van der Waals surface area (Å²) < 4.78 is 0. The molecule has 1 aliphatic heterocycles. The molecule has 0 atom stereocenters. The van der Waals surface area contributed by atoms with Gasteiger partial charge in [-0.3, -0.25) is 9.79 Å². The van der Waals surface area contributed by atoms with Crippen molar-refractivity contribution in [3.05, 3.63) is 29.8 Å². The van der Waals surface area contributed by atoms with Crippen LogP contribution in [0.2, 0.25) is 0 Å². The number of benzene rings is 1. The Morgan fingerprint density at radius 3 is 3.00 bits per heavy atom. The maximum Gasteiger partial charge on any atom is 0.224 e. The van der Waals surface area contributed by atoms with Crippen LogP contribution in [0.5, 0.6) is 0 Å². The number of nitrogens with zero attached hydrogens (tertiary/aromatic N) is 1. The minimum atomic E-state index is 0.0568. The van der Waals surface area contributed by atoms with E-state index >= 15 is 0 Å². The van der Waals surface area contributed by atoms with Gasteiger partial charge in [0.1, 0.15) is 5.84 Å². The SMILES string of the molecule is CCCC(=O)Nc1ccccc1C1=NCCCN1. The van der Waals surface area contributed by atoms with Crippen molar-refractivity contribution in [2.24, 2.45) is 4.99 Å². The third-order valence-electron chi connectivity index (χ3n) is 2.83. The minimum Gasteiger partial charge on any atom is -0.370 e. The molecule has 18 heavy (non-hydrogen) atoms. The van der Waals surface area contributed by atoms with Gasteiger partial charge in [0.15, 0.2) is 0 Å². The quantitative estimate of drug-likeness (QED) is 0.854. The van der Waals surface area contributed by atoms with Crippen LogP contribution in [-0.2, 0) is 4.79 Å². The molecule has 1 aromatic rings. The van der Waals surface area contributed by atoms with Gasteiger partial charge in [-0.1, -0.05) is 19.1 Å². The topological polar surface area (TPSA) is 53.5 Å². The monoisotopic (exact) mass is 245 g/mol. The summed E-state index contributed by atoms with van der Waals surface area (Å²) in [6.45, 7) is 3.79. The molecule has 0 saturated heterocycles. The summed E-state index contributed by atoms with van der Waals surface area (Å²) in [5.74, 6) is 0.940. The highest BCUT2D eigenvalue weighted by Crippen LogP contribution is 2.17. The van der Waals surface area contributed by atoms with E-state index in [1.54, 1.807) is 0 Å². The number of aliphatic imine (C=N–C) groups is 1. The lowest BCUT2D eigenvalue weighted by Crippen LogP contribution is -2.31. The van der Waals surface area contributed by atoms with E-state index in [9.17, 15) is 4.79 Å². The zero-order valence-corrected chi connectivity index (χ0v) is 10.7. The number of carbonyl (C=O) groups is 1. The van der Waals surface area contributed by atoms with Crippen molar-refractivity contribution >= 4 is 17.4 Å². The van der Waals surface area contributed by atoms with Crippen molar-refractivity contribution in [2.45, 2.75) is 26.2 Å². The molecule has 1 heterocycles. The van der Waals surface area contributed by atoms with Crippen molar-refractivity contribution in [3.8, 4) is 0 Å². The van der Waals surface area contributed by atoms with Gasteiger partial charge >= 0.3 is 0 Å².